The van der Waals surface area contributed by atoms with Crippen LogP contribution in [0.1, 0.15) is 10.6 Å². The van der Waals surface area contributed by atoms with E-state index in [9.17, 15) is 4.79 Å². The number of hydrogen-bond acceptors (Lipinski definition) is 3. The van der Waals surface area contributed by atoms with Crippen molar-refractivity contribution in [2.45, 2.75) is 6.54 Å². The second kappa shape index (κ2) is 2.51. The minimum Gasteiger partial charge on any atom is -0.379 e. The molecule has 3 heterocycles. The first-order valence-electron chi connectivity index (χ1n) is 4.48. The Morgan fingerprint density at radius 3 is 3.07 bits per heavy atom. The lowest BCUT2D eigenvalue weighted by Crippen LogP contribution is -2.46. The molecule has 3 rings (SSSR count). The first-order chi connectivity index (χ1) is 6.79. The van der Waals surface area contributed by atoms with Gasteiger partial charge in [0.15, 0.2) is 0 Å². The van der Waals surface area contributed by atoms with Gasteiger partial charge in [0.05, 0.1) is 18.6 Å². The summed E-state index contributed by atoms with van der Waals surface area (Å²) in [6.45, 7) is 2.01. The summed E-state index contributed by atoms with van der Waals surface area (Å²) >= 11 is 0. The number of amides is 1. The van der Waals surface area contributed by atoms with Crippen LogP contribution in [-0.4, -0.2) is 34.9 Å². The summed E-state index contributed by atoms with van der Waals surface area (Å²) in [5.41, 5.74) is -0.0817. The van der Waals surface area contributed by atoms with Crippen molar-refractivity contribution in [2.75, 3.05) is 13.2 Å². The lowest BCUT2D eigenvalue weighted by Gasteiger charge is -2.37. The van der Waals surface area contributed by atoms with Crippen LogP contribution < -0.4 is 0 Å². The highest BCUT2D eigenvalue weighted by Crippen LogP contribution is 2.29. The molecular formula is C9H9N3O2. The van der Waals surface area contributed by atoms with Gasteiger partial charge in [0.2, 0.25) is 5.82 Å². The zero-order valence-electron chi connectivity index (χ0n) is 7.51. The molecule has 2 aliphatic heterocycles. The fraction of sp³-hybridized carbons (Fsp3) is 0.444. The highest BCUT2D eigenvalue weighted by atomic mass is 16.5. The molecule has 0 aliphatic carbocycles. The molecule has 1 aromatic rings. The summed E-state index contributed by atoms with van der Waals surface area (Å²) < 4.78 is 7.01. The largest absolute Gasteiger partial charge is 0.379 e. The van der Waals surface area contributed by atoms with E-state index in [0.29, 0.717) is 19.0 Å². The number of fused-ring (bicyclic) bond motifs is 1. The van der Waals surface area contributed by atoms with E-state index < -0.39 is 0 Å². The summed E-state index contributed by atoms with van der Waals surface area (Å²) in [5.74, 6) is 0.156. The monoisotopic (exact) mass is 191 g/mol. The van der Waals surface area contributed by atoms with Gasteiger partial charge in [-0.2, -0.15) is 0 Å². The Morgan fingerprint density at radius 2 is 2.36 bits per heavy atom. The zero-order chi connectivity index (χ0) is 9.60. The molecule has 0 bridgehead atoms. The van der Waals surface area contributed by atoms with Gasteiger partial charge in [-0.25, -0.2) is 9.98 Å². The maximum atomic E-state index is 11.5. The average molecular weight is 191 g/mol. The van der Waals surface area contributed by atoms with Crippen LogP contribution in [0.5, 0.6) is 0 Å². The number of carbonyl (C=O) groups is 1. The second-order valence-electron chi connectivity index (χ2n) is 3.80. The van der Waals surface area contributed by atoms with Crippen LogP contribution in [0.4, 0.5) is 0 Å². The molecule has 72 valence electrons. The molecule has 5 nitrogen and oxygen atoms in total. The molecule has 1 fully saturated rings. The van der Waals surface area contributed by atoms with Gasteiger partial charge in [-0.05, 0) is 0 Å². The molecule has 1 aromatic heterocycles. The number of aromatic nitrogens is 2. The third-order valence-corrected chi connectivity index (χ3v) is 2.63. The molecule has 0 aromatic carbocycles. The number of rotatable bonds is 0. The van der Waals surface area contributed by atoms with Crippen molar-refractivity contribution in [1.82, 2.24) is 9.55 Å². The van der Waals surface area contributed by atoms with Crippen LogP contribution >= 0.6 is 0 Å². The Morgan fingerprint density at radius 1 is 1.50 bits per heavy atom. The van der Waals surface area contributed by atoms with Crippen molar-refractivity contribution >= 4 is 12.1 Å². The summed E-state index contributed by atoms with van der Waals surface area (Å²) in [4.78, 5) is 19.3. The van der Waals surface area contributed by atoms with Gasteiger partial charge >= 0.3 is 5.91 Å². The fourth-order valence-electron chi connectivity index (χ4n) is 1.80. The lowest BCUT2D eigenvalue weighted by atomic mass is 9.87. The van der Waals surface area contributed by atoms with E-state index in [4.69, 9.17) is 4.74 Å². The SMILES string of the molecule is O=C1N=CC2(COC2)Cn2ccnc21. The molecule has 5 heteroatoms. The van der Waals surface area contributed by atoms with Gasteiger partial charge in [0.25, 0.3) is 0 Å². The highest BCUT2D eigenvalue weighted by molar-refractivity contribution is 5.98. The van der Waals surface area contributed by atoms with Crippen LogP contribution in [0, 0.1) is 5.41 Å². The fourth-order valence-corrected chi connectivity index (χ4v) is 1.80. The van der Waals surface area contributed by atoms with Crippen molar-refractivity contribution < 1.29 is 9.53 Å². The standard InChI is InChI=1S/C9H9N3O2/c13-8-7-10-1-2-12(7)4-9(3-11-8)5-14-6-9/h1-3H,4-6H2. The first kappa shape index (κ1) is 7.87. The van der Waals surface area contributed by atoms with E-state index in [2.05, 4.69) is 9.98 Å². The van der Waals surface area contributed by atoms with Crippen LogP contribution in [0.3, 0.4) is 0 Å². The van der Waals surface area contributed by atoms with E-state index >= 15 is 0 Å². The Hall–Kier alpha value is -1.49. The molecule has 14 heavy (non-hydrogen) atoms. The first-order valence-corrected chi connectivity index (χ1v) is 4.48. The summed E-state index contributed by atoms with van der Waals surface area (Å²) in [6, 6.07) is 0. The predicted octanol–water partition coefficient (Wildman–Crippen LogP) is 0.124. The number of ether oxygens (including phenoxy) is 1. The van der Waals surface area contributed by atoms with Gasteiger partial charge in [-0.15, -0.1) is 0 Å². The van der Waals surface area contributed by atoms with Crippen LogP contribution in [0.15, 0.2) is 17.4 Å². The lowest BCUT2D eigenvalue weighted by molar-refractivity contribution is -0.0742. The number of carbonyl (C=O) groups excluding carboxylic acids is 1. The molecule has 0 radical (unpaired) electrons. The van der Waals surface area contributed by atoms with Gasteiger partial charge in [-0.3, -0.25) is 4.79 Å². The molecule has 0 N–H and O–H groups in total. The molecule has 2 aliphatic rings. The number of aliphatic imine (C=N–C) groups is 1. The third kappa shape index (κ3) is 0.957. The van der Waals surface area contributed by atoms with E-state index in [1.165, 1.54) is 0 Å². The Bertz CT molecular complexity index is 417. The van der Waals surface area contributed by atoms with E-state index in [-0.39, 0.29) is 11.3 Å². The molecule has 1 saturated heterocycles. The van der Waals surface area contributed by atoms with Gasteiger partial charge in [0, 0.05) is 25.2 Å². The quantitative estimate of drug-likeness (QED) is 0.585. The average Bonchev–Trinajstić information content (AvgIpc) is 2.51. The zero-order valence-corrected chi connectivity index (χ0v) is 7.51. The van der Waals surface area contributed by atoms with E-state index in [1.807, 2.05) is 10.8 Å². The number of hydrogen-bond donors (Lipinski definition) is 0. The van der Waals surface area contributed by atoms with Crippen molar-refractivity contribution in [3.8, 4) is 0 Å². The van der Waals surface area contributed by atoms with Crippen LogP contribution in [0.25, 0.3) is 0 Å². The van der Waals surface area contributed by atoms with Gasteiger partial charge < -0.3 is 9.30 Å². The molecule has 1 amide bonds. The van der Waals surface area contributed by atoms with Crippen LogP contribution in [-0.2, 0) is 11.3 Å². The third-order valence-electron chi connectivity index (χ3n) is 2.63. The predicted molar refractivity (Wildman–Crippen MR) is 48.3 cm³/mol. The van der Waals surface area contributed by atoms with Crippen molar-refractivity contribution in [3.05, 3.63) is 18.2 Å². The Labute approximate surface area is 80.4 Å². The van der Waals surface area contributed by atoms with E-state index in [1.54, 1.807) is 12.4 Å². The molecule has 1 spiro atoms. The molecule has 0 unspecified atom stereocenters. The smallest absolute Gasteiger partial charge is 0.312 e. The number of nitrogens with zero attached hydrogens (tertiary/aromatic N) is 3. The normalized spacial score (nSPS) is 23.0. The molecule has 0 saturated carbocycles. The van der Waals surface area contributed by atoms with Crippen molar-refractivity contribution in [1.29, 1.82) is 0 Å². The number of imidazole rings is 1. The maximum absolute atomic E-state index is 11.5. The summed E-state index contributed by atoms with van der Waals surface area (Å²) in [7, 11) is 0. The van der Waals surface area contributed by atoms with Crippen molar-refractivity contribution in [3.63, 3.8) is 0 Å². The summed E-state index contributed by atoms with van der Waals surface area (Å²) in [6.07, 6.45) is 5.15. The second-order valence-corrected chi connectivity index (χ2v) is 3.80. The Kier molecular flexibility index (Phi) is 1.41. The van der Waals surface area contributed by atoms with Gasteiger partial charge in [0.1, 0.15) is 0 Å². The van der Waals surface area contributed by atoms with Crippen LogP contribution in [0.2, 0.25) is 0 Å². The topological polar surface area (TPSA) is 56.5 Å². The van der Waals surface area contributed by atoms with Gasteiger partial charge in [-0.1, -0.05) is 0 Å². The molecular weight excluding hydrogens is 182 g/mol. The maximum Gasteiger partial charge on any atom is 0.312 e. The van der Waals surface area contributed by atoms with Crippen molar-refractivity contribution in [2.24, 2.45) is 10.4 Å². The van der Waals surface area contributed by atoms with E-state index in [0.717, 1.165) is 6.54 Å². The summed E-state index contributed by atoms with van der Waals surface area (Å²) in [5, 5.41) is 0. The minimum atomic E-state index is -0.265. The minimum absolute atomic E-state index is 0.0817. The highest BCUT2D eigenvalue weighted by Gasteiger charge is 2.40. The molecule has 0 atom stereocenters. The Balaban J connectivity index is 2.07.